The van der Waals surface area contributed by atoms with Crippen molar-refractivity contribution in [2.75, 3.05) is 7.05 Å². The van der Waals surface area contributed by atoms with Crippen molar-refractivity contribution >= 4 is 5.91 Å². The predicted molar refractivity (Wildman–Crippen MR) is 103 cm³/mol. The summed E-state index contributed by atoms with van der Waals surface area (Å²) >= 11 is 0. The van der Waals surface area contributed by atoms with Gasteiger partial charge in [0, 0.05) is 32.5 Å². The van der Waals surface area contributed by atoms with Crippen molar-refractivity contribution < 1.29 is 9.53 Å². The number of ether oxygens (including phenoxy) is 1. The number of aryl methyl sites for hydroxylation is 1. The molecule has 0 radical (unpaired) electrons. The Balaban J connectivity index is 1.50. The number of nitrogens with zero attached hydrogens (tertiary/aromatic N) is 2. The van der Waals surface area contributed by atoms with Gasteiger partial charge in [0.2, 0.25) is 5.91 Å². The minimum atomic E-state index is -0.248. The Morgan fingerprint density at radius 2 is 1.70 bits per heavy atom. The predicted octanol–water partition coefficient (Wildman–Crippen LogP) is 3.15. The summed E-state index contributed by atoms with van der Waals surface area (Å²) in [4.78, 5) is 25.0. The molecule has 0 unspecified atom stereocenters. The Morgan fingerprint density at radius 1 is 1.00 bits per heavy atom. The van der Waals surface area contributed by atoms with Crippen molar-refractivity contribution in [1.82, 2.24) is 15.1 Å². The zero-order valence-corrected chi connectivity index (χ0v) is 15.1. The highest BCUT2D eigenvalue weighted by molar-refractivity contribution is 5.76. The van der Waals surface area contributed by atoms with Gasteiger partial charge in [0.15, 0.2) is 0 Å². The summed E-state index contributed by atoms with van der Waals surface area (Å²) in [6, 6.07) is 20.3. The van der Waals surface area contributed by atoms with E-state index in [1.165, 1.54) is 6.07 Å². The van der Waals surface area contributed by atoms with Crippen LogP contribution in [0.3, 0.4) is 0 Å². The lowest BCUT2D eigenvalue weighted by Crippen LogP contribution is -2.26. The van der Waals surface area contributed by atoms with Gasteiger partial charge < -0.3 is 9.64 Å². The van der Waals surface area contributed by atoms with Gasteiger partial charge >= 0.3 is 0 Å². The van der Waals surface area contributed by atoms with Gasteiger partial charge in [-0.25, -0.2) is 5.10 Å². The van der Waals surface area contributed by atoms with Crippen LogP contribution in [-0.2, 0) is 17.8 Å². The molecule has 0 saturated heterocycles. The van der Waals surface area contributed by atoms with E-state index in [-0.39, 0.29) is 11.5 Å². The second-order valence-corrected chi connectivity index (χ2v) is 6.22. The van der Waals surface area contributed by atoms with Crippen molar-refractivity contribution in [2.24, 2.45) is 0 Å². The second-order valence-electron chi connectivity index (χ2n) is 6.22. The van der Waals surface area contributed by atoms with Crippen LogP contribution in [0.5, 0.6) is 11.5 Å². The van der Waals surface area contributed by atoms with Crippen LogP contribution in [0.15, 0.2) is 71.5 Å². The molecule has 0 atom stereocenters. The normalized spacial score (nSPS) is 10.4. The molecule has 0 saturated carbocycles. The van der Waals surface area contributed by atoms with Gasteiger partial charge in [-0.2, -0.15) is 5.10 Å². The van der Waals surface area contributed by atoms with E-state index in [2.05, 4.69) is 10.2 Å². The first-order valence-electron chi connectivity index (χ1n) is 8.70. The number of aromatic nitrogens is 2. The van der Waals surface area contributed by atoms with E-state index in [1.54, 1.807) is 18.0 Å². The van der Waals surface area contributed by atoms with Crippen LogP contribution in [0.4, 0.5) is 0 Å². The van der Waals surface area contributed by atoms with Gasteiger partial charge in [-0.3, -0.25) is 9.59 Å². The zero-order valence-electron chi connectivity index (χ0n) is 15.1. The fourth-order valence-electron chi connectivity index (χ4n) is 2.59. The number of carbonyl (C=O) groups is 1. The fraction of sp³-hybridized carbons (Fsp3) is 0.190. The van der Waals surface area contributed by atoms with Gasteiger partial charge in [0.05, 0.1) is 5.69 Å². The Kier molecular flexibility index (Phi) is 5.99. The summed E-state index contributed by atoms with van der Waals surface area (Å²) in [5.41, 5.74) is 1.47. The number of benzene rings is 2. The number of H-pyrrole nitrogens is 1. The molecule has 1 N–H and O–H groups in total. The van der Waals surface area contributed by atoms with Crippen molar-refractivity contribution in [2.45, 2.75) is 19.4 Å². The monoisotopic (exact) mass is 363 g/mol. The van der Waals surface area contributed by atoms with Crippen LogP contribution in [0.2, 0.25) is 0 Å². The van der Waals surface area contributed by atoms with Crippen LogP contribution in [0.1, 0.15) is 17.7 Å². The molecule has 0 aliphatic rings. The fourth-order valence-corrected chi connectivity index (χ4v) is 2.59. The summed E-state index contributed by atoms with van der Waals surface area (Å²) in [7, 11) is 1.77. The summed E-state index contributed by atoms with van der Waals surface area (Å²) in [5.74, 6) is 1.56. The molecule has 0 aliphatic carbocycles. The molecule has 2 aromatic carbocycles. The first-order valence-corrected chi connectivity index (χ1v) is 8.70. The number of carbonyl (C=O) groups excluding carboxylic acids is 1. The SMILES string of the molecule is CN(Cc1ccc(Oc2ccccc2)cc1)C(=O)CCc1ccc(=O)[nH]n1. The van der Waals surface area contributed by atoms with Crippen LogP contribution >= 0.6 is 0 Å². The van der Waals surface area contributed by atoms with E-state index < -0.39 is 0 Å². The van der Waals surface area contributed by atoms with Crippen molar-refractivity contribution in [3.63, 3.8) is 0 Å². The average Bonchev–Trinajstić information content (AvgIpc) is 2.69. The van der Waals surface area contributed by atoms with Gasteiger partial charge in [0.1, 0.15) is 11.5 Å². The lowest BCUT2D eigenvalue weighted by atomic mass is 10.2. The maximum atomic E-state index is 12.3. The highest BCUT2D eigenvalue weighted by Gasteiger charge is 2.10. The van der Waals surface area contributed by atoms with E-state index in [0.717, 1.165) is 17.1 Å². The summed E-state index contributed by atoms with van der Waals surface area (Å²) in [6.45, 7) is 0.517. The van der Waals surface area contributed by atoms with Crippen LogP contribution in [-0.4, -0.2) is 28.1 Å². The molecule has 6 heteroatoms. The maximum absolute atomic E-state index is 12.3. The van der Waals surface area contributed by atoms with Crippen molar-refractivity contribution in [3.05, 3.63) is 88.3 Å². The third-order valence-electron chi connectivity index (χ3n) is 4.08. The molecule has 1 heterocycles. The molecule has 1 aromatic heterocycles. The van der Waals surface area contributed by atoms with E-state index >= 15 is 0 Å². The minimum Gasteiger partial charge on any atom is -0.457 e. The van der Waals surface area contributed by atoms with E-state index in [4.69, 9.17) is 4.74 Å². The number of rotatable bonds is 7. The van der Waals surface area contributed by atoms with Gasteiger partial charge in [-0.15, -0.1) is 0 Å². The summed E-state index contributed by atoms with van der Waals surface area (Å²) in [6.07, 6.45) is 0.828. The molecule has 3 aromatic rings. The van der Waals surface area contributed by atoms with Crippen molar-refractivity contribution in [1.29, 1.82) is 0 Å². The Bertz CT molecular complexity index is 916. The third-order valence-corrected chi connectivity index (χ3v) is 4.08. The van der Waals surface area contributed by atoms with Gasteiger partial charge in [-0.1, -0.05) is 30.3 Å². The van der Waals surface area contributed by atoms with Crippen LogP contribution in [0.25, 0.3) is 0 Å². The highest BCUT2D eigenvalue weighted by Crippen LogP contribution is 2.21. The van der Waals surface area contributed by atoms with E-state index in [9.17, 15) is 9.59 Å². The molecule has 138 valence electrons. The maximum Gasteiger partial charge on any atom is 0.264 e. The van der Waals surface area contributed by atoms with E-state index in [1.807, 2.05) is 54.6 Å². The van der Waals surface area contributed by atoms with Crippen LogP contribution in [0, 0.1) is 0 Å². The zero-order chi connectivity index (χ0) is 19.1. The lowest BCUT2D eigenvalue weighted by Gasteiger charge is -2.17. The topological polar surface area (TPSA) is 75.3 Å². The molecular formula is C21H21N3O3. The number of para-hydroxylation sites is 1. The molecule has 3 rings (SSSR count). The van der Waals surface area contributed by atoms with Crippen LogP contribution < -0.4 is 10.3 Å². The number of hydrogen-bond acceptors (Lipinski definition) is 4. The second kappa shape index (κ2) is 8.80. The number of aromatic amines is 1. The van der Waals surface area contributed by atoms with Crippen molar-refractivity contribution in [3.8, 4) is 11.5 Å². The lowest BCUT2D eigenvalue weighted by molar-refractivity contribution is -0.130. The Labute approximate surface area is 157 Å². The quantitative estimate of drug-likeness (QED) is 0.700. The molecule has 6 nitrogen and oxygen atoms in total. The van der Waals surface area contributed by atoms with Gasteiger partial charge in [-0.05, 0) is 35.9 Å². The smallest absolute Gasteiger partial charge is 0.264 e. The molecule has 0 aliphatic heterocycles. The molecular weight excluding hydrogens is 342 g/mol. The number of hydrogen-bond donors (Lipinski definition) is 1. The largest absolute Gasteiger partial charge is 0.457 e. The average molecular weight is 363 g/mol. The first kappa shape index (κ1) is 18.4. The molecule has 0 bridgehead atoms. The molecule has 0 spiro atoms. The molecule has 1 amide bonds. The Morgan fingerprint density at radius 3 is 2.37 bits per heavy atom. The summed E-state index contributed by atoms with van der Waals surface area (Å²) in [5, 5.41) is 6.29. The number of amides is 1. The summed E-state index contributed by atoms with van der Waals surface area (Å²) < 4.78 is 5.77. The standard InChI is InChI=1S/C21H21N3O3/c1-24(21(26)14-10-17-9-13-20(25)23-22-17)15-16-7-11-19(12-8-16)27-18-5-3-2-4-6-18/h2-9,11-13H,10,14-15H2,1H3,(H,23,25). The minimum absolute atomic E-state index is 0.0209. The third kappa shape index (κ3) is 5.54. The van der Waals surface area contributed by atoms with Gasteiger partial charge in [0.25, 0.3) is 5.56 Å². The first-order chi connectivity index (χ1) is 13.1. The Hall–Kier alpha value is -3.41. The molecule has 27 heavy (non-hydrogen) atoms. The highest BCUT2D eigenvalue weighted by atomic mass is 16.5. The number of nitrogens with one attached hydrogen (secondary N) is 1. The van der Waals surface area contributed by atoms with E-state index in [0.29, 0.717) is 25.1 Å². The molecule has 0 fully saturated rings.